The minimum absolute atomic E-state index is 0.00199. The first kappa shape index (κ1) is 17.3. The molecule has 0 aromatic heterocycles. The van der Waals surface area contributed by atoms with Crippen molar-refractivity contribution < 1.29 is 19.4 Å². The first-order chi connectivity index (χ1) is 13.3. The second-order valence-corrected chi connectivity index (χ2v) is 6.26. The molecule has 138 valence electrons. The summed E-state index contributed by atoms with van der Waals surface area (Å²) in [5, 5.41) is 22.4. The predicted molar refractivity (Wildman–Crippen MR) is 99.6 cm³/mol. The van der Waals surface area contributed by atoms with Gasteiger partial charge in [0.2, 0.25) is 0 Å². The van der Waals surface area contributed by atoms with Crippen molar-refractivity contribution in [3.8, 4) is 0 Å². The number of non-ortho nitro benzene ring substituents is 2. The maximum atomic E-state index is 13.1. The van der Waals surface area contributed by atoms with Crippen LogP contribution in [0.4, 0.5) is 17.1 Å². The number of aryl methyl sites for hydroxylation is 1. The van der Waals surface area contributed by atoms with Crippen LogP contribution in [0.1, 0.15) is 26.3 Å². The van der Waals surface area contributed by atoms with Crippen molar-refractivity contribution in [3.05, 3.63) is 85.4 Å². The Morgan fingerprint density at radius 3 is 1.71 bits per heavy atom. The smallest absolute Gasteiger partial charge is 0.268 e. The van der Waals surface area contributed by atoms with Gasteiger partial charge in [0.15, 0.2) is 0 Å². The van der Waals surface area contributed by atoms with Crippen molar-refractivity contribution in [2.24, 2.45) is 0 Å². The van der Waals surface area contributed by atoms with Crippen LogP contribution in [0.5, 0.6) is 0 Å². The van der Waals surface area contributed by atoms with E-state index >= 15 is 0 Å². The van der Waals surface area contributed by atoms with Crippen molar-refractivity contribution in [2.75, 3.05) is 4.90 Å². The zero-order valence-corrected chi connectivity index (χ0v) is 14.4. The fraction of sp³-hybridized carbons (Fsp3) is 0.0526. The highest BCUT2D eigenvalue weighted by Crippen LogP contribution is 2.41. The minimum Gasteiger partial charge on any atom is -0.268 e. The Labute approximate surface area is 157 Å². The van der Waals surface area contributed by atoms with E-state index in [4.69, 9.17) is 0 Å². The number of carbonyl (C=O) groups is 2. The standard InChI is InChI=1S/C19H11N3O6/c1-10-4-2-3-5-13(10)20-18(23)11-6-8-14(21(25)26)17-15(22(27)28)9-7-12(16(11)17)19(20)24/h2-9H,1H3. The molecule has 9 nitrogen and oxygen atoms in total. The first-order valence-electron chi connectivity index (χ1n) is 8.16. The highest BCUT2D eigenvalue weighted by Gasteiger charge is 2.38. The molecular formula is C19H11N3O6. The normalized spacial score (nSPS) is 13.1. The minimum atomic E-state index is -0.765. The van der Waals surface area contributed by atoms with Gasteiger partial charge >= 0.3 is 0 Å². The lowest BCUT2D eigenvalue weighted by atomic mass is 9.91. The van der Waals surface area contributed by atoms with Crippen LogP contribution in [-0.2, 0) is 0 Å². The van der Waals surface area contributed by atoms with Crippen LogP contribution >= 0.6 is 0 Å². The number of nitro benzene ring substituents is 2. The molecule has 3 aromatic carbocycles. The third kappa shape index (κ3) is 2.26. The summed E-state index contributed by atoms with van der Waals surface area (Å²) < 4.78 is 0. The van der Waals surface area contributed by atoms with E-state index in [1.54, 1.807) is 31.2 Å². The van der Waals surface area contributed by atoms with Crippen LogP contribution < -0.4 is 4.90 Å². The zero-order valence-electron chi connectivity index (χ0n) is 14.4. The Hall–Kier alpha value is -4.14. The van der Waals surface area contributed by atoms with Gasteiger partial charge in [-0.2, -0.15) is 0 Å². The molecule has 2 amide bonds. The summed E-state index contributed by atoms with van der Waals surface area (Å²) in [5.41, 5.74) is 0.0134. The first-order valence-corrected chi connectivity index (χ1v) is 8.16. The molecule has 0 saturated heterocycles. The summed E-state index contributed by atoms with van der Waals surface area (Å²) in [6, 6.07) is 11.4. The van der Waals surface area contributed by atoms with E-state index in [0.29, 0.717) is 11.3 Å². The summed E-state index contributed by atoms with van der Waals surface area (Å²) in [7, 11) is 0. The fourth-order valence-electron chi connectivity index (χ4n) is 3.49. The van der Waals surface area contributed by atoms with E-state index in [-0.39, 0.29) is 21.9 Å². The van der Waals surface area contributed by atoms with Crippen molar-refractivity contribution in [2.45, 2.75) is 6.92 Å². The summed E-state index contributed by atoms with van der Waals surface area (Å²) in [5.74, 6) is -1.38. The van der Waals surface area contributed by atoms with Gasteiger partial charge in [0.05, 0.1) is 15.5 Å². The molecule has 0 radical (unpaired) electrons. The Kier molecular flexibility index (Phi) is 3.67. The Morgan fingerprint density at radius 1 is 0.750 bits per heavy atom. The molecule has 0 N–H and O–H groups in total. The molecular weight excluding hydrogens is 366 g/mol. The third-order valence-corrected chi connectivity index (χ3v) is 4.73. The monoisotopic (exact) mass is 377 g/mol. The number of para-hydroxylation sites is 1. The molecule has 0 saturated carbocycles. The maximum Gasteiger partial charge on any atom is 0.284 e. The molecule has 0 unspecified atom stereocenters. The maximum absolute atomic E-state index is 13.1. The zero-order chi connectivity index (χ0) is 20.2. The number of imide groups is 1. The number of amides is 2. The SMILES string of the molecule is Cc1ccccc1N1C(=O)c2ccc([N+](=O)[O-])c3c([N+](=O)[O-])ccc(c23)C1=O. The average molecular weight is 377 g/mol. The summed E-state index contributed by atoms with van der Waals surface area (Å²) in [4.78, 5) is 48.5. The number of hydrogen-bond acceptors (Lipinski definition) is 6. The van der Waals surface area contributed by atoms with Crippen molar-refractivity contribution in [1.82, 2.24) is 0 Å². The van der Waals surface area contributed by atoms with E-state index < -0.39 is 33.0 Å². The molecule has 0 aliphatic carbocycles. The average Bonchev–Trinajstić information content (AvgIpc) is 2.66. The van der Waals surface area contributed by atoms with Crippen LogP contribution in [0.3, 0.4) is 0 Å². The van der Waals surface area contributed by atoms with Crippen molar-refractivity contribution in [1.29, 1.82) is 0 Å². The van der Waals surface area contributed by atoms with E-state index in [1.165, 1.54) is 12.1 Å². The molecule has 0 atom stereocenters. The summed E-state index contributed by atoms with van der Waals surface area (Å²) in [6.45, 7) is 1.74. The van der Waals surface area contributed by atoms with Gasteiger partial charge in [0.25, 0.3) is 23.2 Å². The van der Waals surface area contributed by atoms with Crippen LogP contribution in [-0.4, -0.2) is 21.7 Å². The third-order valence-electron chi connectivity index (χ3n) is 4.73. The quantitative estimate of drug-likeness (QED) is 0.389. The second-order valence-electron chi connectivity index (χ2n) is 6.26. The fourth-order valence-corrected chi connectivity index (χ4v) is 3.49. The van der Waals surface area contributed by atoms with Crippen molar-refractivity contribution in [3.63, 3.8) is 0 Å². The Bertz CT molecular complexity index is 1170. The van der Waals surface area contributed by atoms with Crippen LogP contribution in [0.25, 0.3) is 10.8 Å². The summed E-state index contributed by atoms with van der Waals surface area (Å²) in [6.07, 6.45) is 0. The molecule has 0 spiro atoms. The highest BCUT2D eigenvalue weighted by atomic mass is 16.6. The number of benzene rings is 3. The van der Waals surface area contributed by atoms with E-state index in [1.807, 2.05) is 0 Å². The molecule has 28 heavy (non-hydrogen) atoms. The lowest BCUT2D eigenvalue weighted by Gasteiger charge is -2.28. The highest BCUT2D eigenvalue weighted by molar-refractivity contribution is 6.37. The van der Waals surface area contributed by atoms with Gasteiger partial charge < -0.3 is 0 Å². The van der Waals surface area contributed by atoms with Gasteiger partial charge in [-0.3, -0.25) is 29.8 Å². The molecule has 4 rings (SSSR count). The largest absolute Gasteiger partial charge is 0.284 e. The number of rotatable bonds is 3. The van der Waals surface area contributed by atoms with Crippen LogP contribution in [0.2, 0.25) is 0 Å². The molecule has 1 heterocycles. The van der Waals surface area contributed by atoms with Crippen molar-refractivity contribution >= 4 is 39.6 Å². The number of anilines is 1. The molecule has 3 aromatic rings. The molecule has 0 fully saturated rings. The molecule has 1 aliphatic rings. The van der Waals surface area contributed by atoms with E-state index in [2.05, 4.69) is 0 Å². The van der Waals surface area contributed by atoms with Gasteiger partial charge in [-0.25, -0.2) is 4.90 Å². The van der Waals surface area contributed by atoms with E-state index in [0.717, 1.165) is 17.0 Å². The lowest BCUT2D eigenvalue weighted by molar-refractivity contribution is -0.390. The molecule has 1 aliphatic heterocycles. The van der Waals surface area contributed by atoms with Gasteiger partial charge in [-0.1, -0.05) is 18.2 Å². The van der Waals surface area contributed by atoms with E-state index in [9.17, 15) is 29.8 Å². The van der Waals surface area contributed by atoms with Crippen LogP contribution in [0.15, 0.2) is 48.5 Å². The van der Waals surface area contributed by atoms with Gasteiger partial charge in [0.1, 0.15) is 5.39 Å². The van der Waals surface area contributed by atoms with Gasteiger partial charge in [-0.05, 0) is 30.7 Å². The predicted octanol–water partition coefficient (Wildman–Crippen LogP) is 3.77. The number of carbonyl (C=O) groups excluding carboxylic acids is 2. The second kappa shape index (κ2) is 5.95. The van der Waals surface area contributed by atoms with Crippen LogP contribution in [0, 0.1) is 27.2 Å². The number of nitro groups is 2. The number of hydrogen-bond donors (Lipinski definition) is 0. The lowest BCUT2D eigenvalue weighted by Crippen LogP contribution is -2.40. The van der Waals surface area contributed by atoms with Gasteiger partial charge in [0, 0.05) is 28.6 Å². The Morgan fingerprint density at radius 2 is 1.25 bits per heavy atom. The summed E-state index contributed by atoms with van der Waals surface area (Å²) >= 11 is 0. The Balaban J connectivity index is 2.09. The van der Waals surface area contributed by atoms with Gasteiger partial charge in [-0.15, -0.1) is 0 Å². The molecule has 0 bridgehead atoms. The molecule has 9 heteroatoms. The topological polar surface area (TPSA) is 124 Å². The number of nitrogens with zero attached hydrogens (tertiary/aromatic N) is 3.